The van der Waals surface area contributed by atoms with Crippen LogP contribution in [0.2, 0.25) is 0 Å². The molecule has 3 N–H and O–H groups in total. The minimum absolute atomic E-state index is 0.121. The first-order valence-corrected chi connectivity index (χ1v) is 4.65. The fourth-order valence-electron chi connectivity index (χ4n) is 1.88. The van der Waals surface area contributed by atoms with E-state index in [1.54, 1.807) is 0 Å². The molecule has 0 unspecified atom stereocenters. The second-order valence-electron chi connectivity index (χ2n) is 3.88. The second-order valence-corrected chi connectivity index (χ2v) is 3.88. The van der Waals surface area contributed by atoms with Gasteiger partial charge >= 0.3 is 0 Å². The van der Waals surface area contributed by atoms with Gasteiger partial charge in [0.15, 0.2) is 0 Å². The Kier molecular flexibility index (Phi) is 3.50. The van der Waals surface area contributed by atoms with Crippen LogP contribution in [-0.2, 0) is 0 Å². The molecule has 0 saturated heterocycles. The largest absolute Gasteiger partial charge is 0.396 e. The van der Waals surface area contributed by atoms with Crippen molar-refractivity contribution in [1.82, 2.24) is 5.32 Å². The Morgan fingerprint density at radius 1 is 1.42 bits per heavy atom. The lowest BCUT2D eigenvalue weighted by atomic mass is 9.66. The third-order valence-electron chi connectivity index (χ3n) is 3.06. The zero-order chi connectivity index (χ0) is 9.03. The fraction of sp³-hybridized carbons (Fsp3) is 1.00. The SMILES string of the molecule is CN[C@H](CO)CC1(CO)CCC1. The Morgan fingerprint density at radius 2 is 2.08 bits per heavy atom. The number of aliphatic hydroxyl groups excluding tert-OH is 2. The van der Waals surface area contributed by atoms with Crippen molar-refractivity contribution < 1.29 is 10.2 Å². The third kappa shape index (κ3) is 1.97. The van der Waals surface area contributed by atoms with Crippen LogP contribution in [0.3, 0.4) is 0 Å². The maximum atomic E-state index is 9.17. The van der Waals surface area contributed by atoms with Gasteiger partial charge in [0, 0.05) is 12.6 Å². The van der Waals surface area contributed by atoms with Crippen LogP contribution in [0.15, 0.2) is 0 Å². The molecule has 0 aromatic heterocycles. The molecule has 0 aromatic rings. The molecule has 3 heteroatoms. The lowest BCUT2D eigenvalue weighted by molar-refractivity contribution is 0.0200. The van der Waals surface area contributed by atoms with Gasteiger partial charge in [-0.2, -0.15) is 0 Å². The number of nitrogens with one attached hydrogen (secondary N) is 1. The molecule has 72 valence electrons. The van der Waals surface area contributed by atoms with Gasteiger partial charge in [-0.15, -0.1) is 0 Å². The molecule has 1 aliphatic rings. The third-order valence-corrected chi connectivity index (χ3v) is 3.06. The summed E-state index contributed by atoms with van der Waals surface area (Å²) in [5.41, 5.74) is 0.121. The number of hydrogen-bond acceptors (Lipinski definition) is 3. The van der Waals surface area contributed by atoms with E-state index < -0.39 is 0 Å². The molecular formula is C9H19NO2. The van der Waals surface area contributed by atoms with Gasteiger partial charge in [0.25, 0.3) is 0 Å². The second kappa shape index (κ2) is 4.21. The summed E-state index contributed by atoms with van der Waals surface area (Å²) in [6, 6.07) is 0.150. The smallest absolute Gasteiger partial charge is 0.0584 e. The van der Waals surface area contributed by atoms with E-state index in [0.717, 1.165) is 19.3 Å². The van der Waals surface area contributed by atoms with Crippen molar-refractivity contribution >= 4 is 0 Å². The van der Waals surface area contributed by atoms with Crippen LogP contribution in [0.4, 0.5) is 0 Å². The molecule has 0 aromatic carbocycles. The van der Waals surface area contributed by atoms with Crippen LogP contribution in [0.5, 0.6) is 0 Å². The zero-order valence-electron chi connectivity index (χ0n) is 7.71. The summed E-state index contributed by atoms with van der Waals surface area (Å²) in [6.45, 7) is 0.434. The van der Waals surface area contributed by atoms with Crippen LogP contribution < -0.4 is 5.32 Å². The van der Waals surface area contributed by atoms with Gasteiger partial charge in [-0.3, -0.25) is 0 Å². The molecule has 3 nitrogen and oxygen atoms in total. The highest BCUT2D eigenvalue weighted by Gasteiger charge is 2.37. The van der Waals surface area contributed by atoms with Gasteiger partial charge in [0.2, 0.25) is 0 Å². The van der Waals surface area contributed by atoms with Crippen molar-refractivity contribution in [2.24, 2.45) is 5.41 Å². The molecule has 12 heavy (non-hydrogen) atoms. The van der Waals surface area contributed by atoms with E-state index in [1.807, 2.05) is 7.05 Å². The van der Waals surface area contributed by atoms with Crippen LogP contribution in [0, 0.1) is 5.41 Å². The predicted molar refractivity (Wildman–Crippen MR) is 47.9 cm³/mol. The molecule has 0 amide bonds. The average Bonchev–Trinajstić information content (AvgIpc) is 2.05. The minimum Gasteiger partial charge on any atom is -0.396 e. The molecule has 0 spiro atoms. The maximum Gasteiger partial charge on any atom is 0.0584 e. The van der Waals surface area contributed by atoms with E-state index in [9.17, 15) is 0 Å². The van der Waals surface area contributed by atoms with Gasteiger partial charge in [-0.05, 0) is 31.7 Å². The number of aliphatic hydroxyl groups is 2. The molecule has 1 aliphatic carbocycles. The first kappa shape index (κ1) is 9.96. The quantitative estimate of drug-likeness (QED) is 0.553. The van der Waals surface area contributed by atoms with E-state index in [4.69, 9.17) is 10.2 Å². The van der Waals surface area contributed by atoms with Crippen LogP contribution in [0.25, 0.3) is 0 Å². The summed E-state index contributed by atoms with van der Waals surface area (Å²) in [6.07, 6.45) is 4.35. The van der Waals surface area contributed by atoms with Gasteiger partial charge in [-0.25, -0.2) is 0 Å². The van der Waals surface area contributed by atoms with Gasteiger partial charge in [0.05, 0.1) is 6.61 Å². The highest BCUT2D eigenvalue weighted by Crippen LogP contribution is 2.44. The summed E-state index contributed by atoms with van der Waals surface area (Å²) < 4.78 is 0. The van der Waals surface area contributed by atoms with Gasteiger partial charge in [0.1, 0.15) is 0 Å². The van der Waals surface area contributed by atoms with E-state index in [1.165, 1.54) is 6.42 Å². The molecule has 1 saturated carbocycles. The molecule has 1 fully saturated rings. The van der Waals surface area contributed by atoms with Crippen molar-refractivity contribution in [2.45, 2.75) is 31.7 Å². The zero-order valence-corrected chi connectivity index (χ0v) is 7.71. The lowest BCUT2D eigenvalue weighted by Gasteiger charge is -2.42. The molecule has 0 radical (unpaired) electrons. The fourth-order valence-corrected chi connectivity index (χ4v) is 1.88. The molecule has 0 bridgehead atoms. The number of rotatable bonds is 5. The van der Waals surface area contributed by atoms with E-state index in [0.29, 0.717) is 0 Å². The van der Waals surface area contributed by atoms with E-state index in [2.05, 4.69) is 5.32 Å². The highest BCUT2D eigenvalue weighted by atomic mass is 16.3. The average molecular weight is 173 g/mol. The van der Waals surface area contributed by atoms with Crippen LogP contribution >= 0.6 is 0 Å². The normalized spacial score (nSPS) is 23.2. The van der Waals surface area contributed by atoms with E-state index in [-0.39, 0.29) is 24.7 Å². The Hall–Kier alpha value is -0.120. The van der Waals surface area contributed by atoms with Crippen molar-refractivity contribution in [1.29, 1.82) is 0 Å². The molecule has 1 atom stereocenters. The van der Waals surface area contributed by atoms with Gasteiger partial charge < -0.3 is 15.5 Å². The van der Waals surface area contributed by atoms with Crippen LogP contribution in [-0.4, -0.2) is 36.5 Å². The Bertz CT molecular complexity index is 125. The van der Waals surface area contributed by atoms with Gasteiger partial charge in [-0.1, -0.05) is 6.42 Å². The lowest BCUT2D eigenvalue weighted by Crippen LogP contribution is -2.42. The topological polar surface area (TPSA) is 52.5 Å². The van der Waals surface area contributed by atoms with Crippen molar-refractivity contribution in [2.75, 3.05) is 20.3 Å². The predicted octanol–water partition coefficient (Wildman–Crippen LogP) is 0.119. The van der Waals surface area contributed by atoms with Crippen LogP contribution in [0.1, 0.15) is 25.7 Å². The first-order chi connectivity index (χ1) is 5.76. The van der Waals surface area contributed by atoms with Crippen molar-refractivity contribution in [3.63, 3.8) is 0 Å². The molecule has 0 heterocycles. The molecule has 1 rings (SSSR count). The minimum atomic E-state index is 0.121. The summed E-state index contributed by atoms with van der Waals surface area (Å²) in [7, 11) is 1.85. The maximum absolute atomic E-state index is 9.17. The van der Waals surface area contributed by atoms with Crippen molar-refractivity contribution in [3.8, 4) is 0 Å². The summed E-state index contributed by atoms with van der Waals surface area (Å²) in [4.78, 5) is 0. The van der Waals surface area contributed by atoms with Crippen molar-refractivity contribution in [3.05, 3.63) is 0 Å². The number of hydrogen-bond donors (Lipinski definition) is 3. The van der Waals surface area contributed by atoms with E-state index >= 15 is 0 Å². The molecule has 0 aliphatic heterocycles. The monoisotopic (exact) mass is 173 g/mol. The Balaban J connectivity index is 2.35. The first-order valence-electron chi connectivity index (χ1n) is 4.65. The highest BCUT2D eigenvalue weighted by molar-refractivity contribution is 4.90. The Morgan fingerprint density at radius 3 is 2.33 bits per heavy atom. The summed E-state index contributed by atoms with van der Waals surface area (Å²) in [5.74, 6) is 0. The number of likely N-dealkylation sites (N-methyl/N-ethyl adjacent to an activating group) is 1. The molecular weight excluding hydrogens is 154 g/mol. The summed E-state index contributed by atoms with van der Waals surface area (Å²) >= 11 is 0. The standard InChI is InChI=1S/C9H19NO2/c1-10-8(6-11)5-9(7-12)3-2-4-9/h8,10-12H,2-7H2,1H3/t8-/m0/s1. The Labute approximate surface area is 73.8 Å². The summed E-state index contributed by atoms with van der Waals surface area (Å²) in [5, 5.41) is 21.2.